The molecule has 6 nitrogen and oxygen atoms in total. The summed E-state index contributed by atoms with van der Waals surface area (Å²) in [4.78, 5) is 38.0. The molecule has 0 aliphatic heterocycles. The van der Waals surface area contributed by atoms with Gasteiger partial charge in [0.1, 0.15) is 13.2 Å². The standard InChI is InChI=1S/C55H98O6/c1-4-7-10-13-16-19-22-25-28-31-33-36-39-42-45-48-54(57)60-51-52(61-55(58)49-46-43-40-37-34-30-27-24-21-18-15-12-9-6-3)50-59-53(56)47-44-41-38-35-32-29-26-23-20-17-14-11-8-5-2/h7,10,16,19,24-25,27-28,52H,4-6,8-9,11-15,17-18,20-23,26,29-51H2,1-3H3/b10-7-,19-16-,27-24-,28-25-/t52-/m1/s1. The third kappa shape index (κ3) is 48.3. The molecule has 0 aromatic carbocycles. The molecule has 354 valence electrons. The number of carbonyl (C=O) groups excluding carboxylic acids is 3. The van der Waals surface area contributed by atoms with Crippen molar-refractivity contribution in [3.8, 4) is 0 Å². The van der Waals surface area contributed by atoms with Crippen LogP contribution in [0.1, 0.15) is 265 Å². The fourth-order valence-electron chi connectivity index (χ4n) is 7.39. The average molecular weight is 855 g/mol. The largest absolute Gasteiger partial charge is 0.462 e. The maximum atomic E-state index is 12.8. The first-order chi connectivity index (χ1) is 30.0. The Morgan fingerprint density at radius 3 is 1.02 bits per heavy atom. The molecule has 0 aliphatic carbocycles. The third-order valence-corrected chi connectivity index (χ3v) is 11.3. The smallest absolute Gasteiger partial charge is 0.306 e. The van der Waals surface area contributed by atoms with Crippen molar-refractivity contribution < 1.29 is 28.6 Å². The lowest BCUT2D eigenvalue weighted by Crippen LogP contribution is -2.30. The van der Waals surface area contributed by atoms with E-state index < -0.39 is 6.10 Å². The molecule has 0 aliphatic rings. The highest BCUT2D eigenvalue weighted by Crippen LogP contribution is 2.15. The highest BCUT2D eigenvalue weighted by Gasteiger charge is 2.19. The highest BCUT2D eigenvalue weighted by molar-refractivity contribution is 5.71. The second kappa shape index (κ2) is 50.0. The summed E-state index contributed by atoms with van der Waals surface area (Å²) in [6.07, 6.45) is 59.5. The van der Waals surface area contributed by atoms with Gasteiger partial charge in [-0.25, -0.2) is 0 Å². The first-order valence-corrected chi connectivity index (χ1v) is 26.1. The first kappa shape index (κ1) is 58.4. The van der Waals surface area contributed by atoms with Gasteiger partial charge in [-0.05, 0) is 77.0 Å². The van der Waals surface area contributed by atoms with E-state index in [2.05, 4.69) is 69.4 Å². The Hall–Kier alpha value is -2.63. The molecular formula is C55H98O6. The van der Waals surface area contributed by atoms with Crippen molar-refractivity contribution in [2.24, 2.45) is 0 Å². The fourth-order valence-corrected chi connectivity index (χ4v) is 7.39. The Morgan fingerprint density at radius 1 is 0.344 bits per heavy atom. The van der Waals surface area contributed by atoms with E-state index in [1.54, 1.807) is 0 Å². The average Bonchev–Trinajstić information content (AvgIpc) is 3.26. The summed E-state index contributed by atoms with van der Waals surface area (Å²) in [7, 11) is 0. The van der Waals surface area contributed by atoms with Gasteiger partial charge in [-0.2, -0.15) is 0 Å². The SMILES string of the molecule is CC/C=C\C/C=C\C/C=C\CCCCCCCC(=O)OC[C@@H](COC(=O)CCCCCCCCCCCCCCCC)OC(=O)CCCCCCC/C=C\CCCCCCC. The highest BCUT2D eigenvalue weighted by atomic mass is 16.6. The molecule has 0 N–H and O–H groups in total. The van der Waals surface area contributed by atoms with Gasteiger partial charge in [-0.1, -0.05) is 217 Å². The second-order valence-electron chi connectivity index (χ2n) is 17.4. The van der Waals surface area contributed by atoms with Crippen LogP contribution in [0.2, 0.25) is 0 Å². The van der Waals surface area contributed by atoms with Gasteiger partial charge in [0.05, 0.1) is 0 Å². The van der Waals surface area contributed by atoms with Crippen LogP contribution < -0.4 is 0 Å². The zero-order chi connectivity index (χ0) is 44.4. The van der Waals surface area contributed by atoms with Gasteiger partial charge < -0.3 is 14.2 Å². The lowest BCUT2D eigenvalue weighted by Gasteiger charge is -2.18. The summed E-state index contributed by atoms with van der Waals surface area (Å²) in [6.45, 7) is 6.51. The van der Waals surface area contributed by atoms with Gasteiger partial charge in [-0.3, -0.25) is 14.4 Å². The van der Waals surface area contributed by atoms with Crippen molar-refractivity contribution in [1.82, 2.24) is 0 Å². The van der Waals surface area contributed by atoms with Crippen LogP contribution >= 0.6 is 0 Å². The Balaban J connectivity index is 4.40. The van der Waals surface area contributed by atoms with Crippen molar-refractivity contribution in [3.63, 3.8) is 0 Å². The molecule has 0 saturated heterocycles. The lowest BCUT2D eigenvalue weighted by molar-refractivity contribution is -0.167. The zero-order valence-electron chi connectivity index (χ0n) is 40.4. The lowest BCUT2D eigenvalue weighted by atomic mass is 10.0. The van der Waals surface area contributed by atoms with E-state index in [1.807, 2.05) is 0 Å². The number of hydrogen-bond donors (Lipinski definition) is 0. The van der Waals surface area contributed by atoms with E-state index in [0.717, 1.165) is 109 Å². The Kier molecular flexibility index (Phi) is 47.9. The molecular weight excluding hydrogens is 757 g/mol. The van der Waals surface area contributed by atoms with E-state index in [-0.39, 0.29) is 31.1 Å². The van der Waals surface area contributed by atoms with E-state index in [9.17, 15) is 14.4 Å². The number of allylic oxidation sites excluding steroid dienone is 8. The summed E-state index contributed by atoms with van der Waals surface area (Å²) < 4.78 is 16.8. The molecule has 0 aromatic heterocycles. The summed E-state index contributed by atoms with van der Waals surface area (Å²) in [6, 6.07) is 0. The van der Waals surface area contributed by atoms with Crippen LogP contribution in [-0.2, 0) is 28.6 Å². The van der Waals surface area contributed by atoms with Gasteiger partial charge in [0, 0.05) is 19.3 Å². The van der Waals surface area contributed by atoms with Gasteiger partial charge in [0.25, 0.3) is 0 Å². The predicted octanol–water partition coefficient (Wildman–Crippen LogP) is 17.1. The van der Waals surface area contributed by atoms with Gasteiger partial charge in [-0.15, -0.1) is 0 Å². The zero-order valence-corrected chi connectivity index (χ0v) is 40.4. The van der Waals surface area contributed by atoms with Gasteiger partial charge >= 0.3 is 17.9 Å². The summed E-state index contributed by atoms with van der Waals surface area (Å²) in [5, 5.41) is 0. The van der Waals surface area contributed by atoms with E-state index in [4.69, 9.17) is 14.2 Å². The molecule has 0 aromatic rings. The number of unbranched alkanes of at least 4 members (excludes halogenated alkanes) is 28. The monoisotopic (exact) mass is 855 g/mol. The first-order valence-electron chi connectivity index (χ1n) is 26.1. The minimum absolute atomic E-state index is 0.0796. The fraction of sp³-hybridized carbons (Fsp3) is 0.800. The molecule has 0 rings (SSSR count). The molecule has 0 unspecified atom stereocenters. The normalized spacial score (nSPS) is 12.4. The summed E-state index contributed by atoms with van der Waals surface area (Å²) >= 11 is 0. The van der Waals surface area contributed by atoms with Crippen LogP contribution in [-0.4, -0.2) is 37.2 Å². The summed E-state index contributed by atoms with van der Waals surface area (Å²) in [5.74, 6) is -0.897. The molecule has 0 spiro atoms. The van der Waals surface area contributed by atoms with Crippen LogP contribution in [0.15, 0.2) is 48.6 Å². The number of ether oxygens (including phenoxy) is 3. The Labute approximate surface area is 378 Å². The number of carbonyl (C=O) groups is 3. The van der Waals surface area contributed by atoms with Crippen molar-refractivity contribution >= 4 is 17.9 Å². The quantitative estimate of drug-likeness (QED) is 0.0263. The molecule has 0 saturated carbocycles. The molecule has 61 heavy (non-hydrogen) atoms. The molecule has 0 fully saturated rings. The molecule has 0 amide bonds. The maximum absolute atomic E-state index is 12.8. The Bertz CT molecular complexity index is 1070. The van der Waals surface area contributed by atoms with Gasteiger partial charge in [0.15, 0.2) is 6.10 Å². The van der Waals surface area contributed by atoms with E-state index >= 15 is 0 Å². The van der Waals surface area contributed by atoms with Crippen molar-refractivity contribution in [3.05, 3.63) is 48.6 Å². The van der Waals surface area contributed by atoms with Crippen LogP contribution in [0.3, 0.4) is 0 Å². The van der Waals surface area contributed by atoms with Gasteiger partial charge in [0.2, 0.25) is 0 Å². The van der Waals surface area contributed by atoms with Crippen molar-refractivity contribution in [1.29, 1.82) is 0 Å². The summed E-state index contributed by atoms with van der Waals surface area (Å²) in [5.41, 5.74) is 0. The molecule has 0 heterocycles. The Morgan fingerprint density at radius 2 is 0.639 bits per heavy atom. The maximum Gasteiger partial charge on any atom is 0.306 e. The third-order valence-electron chi connectivity index (χ3n) is 11.3. The van der Waals surface area contributed by atoms with E-state index in [1.165, 1.54) is 116 Å². The van der Waals surface area contributed by atoms with Crippen LogP contribution in [0.5, 0.6) is 0 Å². The number of esters is 3. The van der Waals surface area contributed by atoms with Crippen LogP contribution in [0.25, 0.3) is 0 Å². The predicted molar refractivity (Wildman–Crippen MR) is 261 cm³/mol. The van der Waals surface area contributed by atoms with Crippen LogP contribution in [0.4, 0.5) is 0 Å². The molecule has 0 radical (unpaired) electrons. The molecule has 0 bridgehead atoms. The van der Waals surface area contributed by atoms with E-state index in [0.29, 0.717) is 19.3 Å². The minimum Gasteiger partial charge on any atom is -0.462 e. The molecule has 6 heteroatoms. The second-order valence-corrected chi connectivity index (χ2v) is 17.4. The molecule has 1 atom stereocenters. The van der Waals surface area contributed by atoms with Crippen molar-refractivity contribution in [2.75, 3.05) is 13.2 Å². The number of rotatable bonds is 47. The topological polar surface area (TPSA) is 78.9 Å². The minimum atomic E-state index is -0.781. The van der Waals surface area contributed by atoms with Crippen molar-refractivity contribution in [2.45, 2.75) is 271 Å². The number of hydrogen-bond acceptors (Lipinski definition) is 6. The van der Waals surface area contributed by atoms with Crippen LogP contribution in [0, 0.1) is 0 Å².